The van der Waals surface area contributed by atoms with Crippen molar-refractivity contribution in [2.45, 2.75) is 5.41 Å². The Hall–Kier alpha value is -5.87. The van der Waals surface area contributed by atoms with Gasteiger partial charge in [0.25, 0.3) is 0 Å². The van der Waals surface area contributed by atoms with Crippen molar-refractivity contribution in [2.24, 2.45) is 0 Å². The van der Waals surface area contributed by atoms with Crippen LogP contribution in [-0.2, 0) is 5.41 Å². The first-order valence-electron chi connectivity index (χ1n) is 15.9. The summed E-state index contributed by atoms with van der Waals surface area (Å²) < 4.78 is 21.1. The summed E-state index contributed by atoms with van der Waals surface area (Å²) in [5.41, 5.74) is 11.6. The van der Waals surface area contributed by atoms with E-state index in [1.807, 2.05) is 48.5 Å². The van der Waals surface area contributed by atoms with Crippen LogP contribution in [0.3, 0.4) is 0 Å². The Kier molecular flexibility index (Phi) is 6.36. The summed E-state index contributed by atoms with van der Waals surface area (Å²) in [6, 6.07) is 58.9. The molecule has 0 aromatic heterocycles. The van der Waals surface area contributed by atoms with Gasteiger partial charge in [-0.1, -0.05) is 127 Å². The van der Waals surface area contributed by atoms with Gasteiger partial charge in [0.1, 0.15) is 11.5 Å². The minimum atomic E-state index is -0.777. The fourth-order valence-corrected chi connectivity index (χ4v) is 7.52. The third-order valence-electron chi connectivity index (χ3n) is 9.57. The molecular formula is C43H28BFNO. The van der Waals surface area contributed by atoms with E-state index in [2.05, 4.69) is 126 Å². The molecule has 0 N–H and O–H groups in total. The largest absolute Gasteiger partial charge is 0.457 e. The SMILES string of the molecule is F[B]c1ccc2c(c1)C1(c3ccccc3Oc3ccccc31)c1cc(-c3ccccc3)ccc1N2c1ccc(-c2ccccc2)cc1. The van der Waals surface area contributed by atoms with Gasteiger partial charge in [-0.05, 0) is 81.3 Å². The Bertz CT molecular complexity index is 2220. The van der Waals surface area contributed by atoms with Crippen molar-refractivity contribution in [3.8, 4) is 33.8 Å². The van der Waals surface area contributed by atoms with Crippen molar-refractivity contribution in [3.05, 3.63) is 192 Å². The molecule has 2 aliphatic heterocycles. The van der Waals surface area contributed by atoms with Crippen LogP contribution < -0.4 is 15.1 Å². The molecule has 0 aliphatic carbocycles. The van der Waals surface area contributed by atoms with Crippen molar-refractivity contribution in [1.82, 2.24) is 0 Å². The molecule has 0 saturated heterocycles. The lowest BCUT2D eigenvalue weighted by atomic mass is 9.60. The standard InChI is InChI=1S/C43H28BFNO/c45-44-33-22-26-40-38(28-33)43(35-15-7-9-17-41(35)47-42-18-10-8-16-36(42)43)37-27-32(30-13-5-2-6-14-30)21-25-39(37)46(40)34-23-19-31(20-24-34)29-11-3-1-4-12-29/h1-28H. The second kappa shape index (κ2) is 10.9. The molecule has 7 aromatic rings. The van der Waals surface area contributed by atoms with E-state index in [0.717, 1.165) is 67.5 Å². The number of anilines is 3. The minimum absolute atomic E-state index is 0.520. The Balaban J connectivity index is 1.38. The van der Waals surface area contributed by atoms with Crippen LogP contribution in [0, 0.1) is 0 Å². The maximum absolute atomic E-state index is 14.5. The summed E-state index contributed by atoms with van der Waals surface area (Å²) in [4.78, 5) is 2.32. The van der Waals surface area contributed by atoms with Gasteiger partial charge in [-0.3, -0.25) is 0 Å². The zero-order valence-electron chi connectivity index (χ0n) is 25.5. The highest BCUT2D eigenvalue weighted by Crippen LogP contribution is 2.63. The smallest absolute Gasteiger partial charge is 0.391 e. The van der Waals surface area contributed by atoms with Crippen molar-refractivity contribution in [1.29, 1.82) is 0 Å². The number of hydrogen-bond acceptors (Lipinski definition) is 2. The number of ether oxygens (including phenoxy) is 1. The second-order valence-electron chi connectivity index (χ2n) is 12.1. The fraction of sp³-hybridized carbons (Fsp3) is 0.0233. The molecular weight excluding hydrogens is 576 g/mol. The first kappa shape index (κ1) is 27.4. The van der Waals surface area contributed by atoms with Crippen LogP contribution in [0.2, 0.25) is 0 Å². The number of fused-ring (bicyclic) bond motifs is 8. The Morgan fingerprint density at radius 1 is 0.447 bits per heavy atom. The lowest BCUT2D eigenvalue weighted by Gasteiger charge is -2.49. The molecule has 1 spiro atoms. The average molecular weight is 605 g/mol. The highest BCUT2D eigenvalue weighted by molar-refractivity contribution is 6.46. The fourth-order valence-electron chi connectivity index (χ4n) is 7.52. The van der Waals surface area contributed by atoms with Crippen molar-refractivity contribution < 1.29 is 9.05 Å². The molecule has 2 nitrogen and oxygen atoms in total. The maximum atomic E-state index is 14.5. The molecule has 9 rings (SSSR count). The Labute approximate surface area is 274 Å². The first-order valence-corrected chi connectivity index (χ1v) is 15.9. The average Bonchev–Trinajstić information content (AvgIpc) is 3.15. The number of halogens is 1. The number of rotatable bonds is 4. The van der Waals surface area contributed by atoms with Gasteiger partial charge in [-0.15, -0.1) is 0 Å². The lowest BCUT2D eigenvalue weighted by molar-refractivity contribution is 0.434. The summed E-state index contributed by atoms with van der Waals surface area (Å²) in [6.07, 6.45) is 0. The number of para-hydroxylation sites is 2. The molecule has 0 atom stereocenters. The van der Waals surface area contributed by atoms with Gasteiger partial charge in [-0.2, -0.15) is 0 Å². The van der Waals surface area contributed by atoms with Crippen LogP contribution >= 0.6 is 0 Å². The van der Waals surface area contributed by atoms with E-state index in [9.17, 15) is 4.32 Å². The predicted octanol–water partition coefficient (Wildman–Crippen LogP) is 10.5. The summed E-state index contributed by atoms with van der Waals surface area (Å²) in [5.74, 6) is 1.59. The van der Waals surface area contributed by atoms with Crippen LogP contribution in [0.25, 0.3) is 22.3 Å². The molecule has 1 radical (unpaired) electrons. The van der Waals surface area contributed by atoms with Crippen LogP contribution in [0.4, 0.5) is 21.4 Å². The van der Waals surface area contributed by atoms with Gasteiger partial charge in [0.2, 0.25) is 0 Å². The molecule has 221 valence electrons. The van der Waals surface area contributed by atoms with Crippen LogP contribution in [-0.4, -0.2) is 7.56 Å². The van der Waals surface area contributed by atoms with Gasteiger partial charge in [0, 0.05) is 16.8 Å². The topological polar surface area (TPSA) is 12.5 Å². The summed E-state index contributed by atoms with van der Waals surface area (Å²) in [6.45, 7) is 0. The van der Waals surface area contributed by atoms with Crippen molar-refractivity contribution >= 4 is 30.1 Å². The van der Waals surface area contributed by atoms with Gasteiger partial charge < -0.3 is 14.0 Å². The normalized spacial score (nSPS) is 13.5. The second-order valence-corrected chi connectivity index (χ2v) is 12.1. The van der Waals surface area contributed by atoms with E-state index < -0.39 is 5.41 Å². The first-order chi connectivity index (χ1) is 23.3. The molecule has 0 bridgehead atoms. The summed E-state index contributed by atoms with van der Waals surface area (Å²) in [7, 11) is 0.694. The Morgan fingerprint density at radius 3 is 1.55 bits per heavy atom. The van der Waals surface area contributed by atoms with Crippen LogP contribution in [0.15, 0.2) is 170 Å². The third kappa shape index (κ3) is 4.18. The van der Waals surface area contributed by atoms with Gasteiger partial charge in [0.05, 0.1) is 16.8 Å². The lowest BCUT2D eigenvalue weighted by Crippen LogP contribution is -2.40. The van der Waals surface area contributed by atoms with E-state index in [1.54, 1.807) is 0 Å². The molecule has 7 aromatic carbocycles. The number of nitrogens with zero attached hydrogens (tertiary/aromatic N) is 1. The Morgan fingerprint density at radius 2 is 0.936 bits per heavy atom. The molecule has 0 saturated carbocycles. The third-order valence-corrected chi connectivity index (χ3v) is 9.57. The quantitative estimate of drug-likeness (QED) is 0.185. The van der Waals surface area contributed by atoms with Crippen LogP contribution in [0.5, 0.6) is 11.5 Å². The summed E-state index contributed by atoms with van der Waals surface area (Å²) in [5, 5.41) is 0. The van der Waals surface area contributed by atoms with E-state index in [-0.39, 0.29) is 0 Å². The highest BCUT2D eigenvalue weighted by Gasteiger charge is 2.51. The molecule has 4 heteroatoms. The molecule has 0 fully saturated rings. The minimum Gasteiger partial charge on any atom is -0.457 e. The molecule has 2 aliphatic rings. The molecule has 0 unspecified atom stereocenters. The van der Waals surface area contributed by atoms with Gasteiger partial charge in [-0.25, -0.2) is 0 Å². The maximum Gasteiger partial charge on any atom is 0.391 e. The zero-order valence-corrected chi connectivity index (χ0v) is 25.5. The zero-order chi connectivity index (χ0) is 31.4. The number of hydrogen-bond donors (Lipinski definition) is 0. The summed E-state index contributed by atoms with van der Waals surface area (Å²) >= 11 is 0. The molecule has 0 amide bonds. The van der Waals surface area contributed by atoms with Crippen molar-refractivity contribution in [3.63, 3.8) is 0 Å². The molecule has 47 heavy (non-hydrogen) atoms. The highest BCUT2D eigenvalue weighted by atomic mass is 19.1. The van der Waals surface area contributed by atoms with E-state index in [0.29, 0.717) is 13.0 Å². The van der Waals surface area contributed by atoms with E-state index in [1.165, 1.54) is 5.56 Å². The van der Waals surface area contributed by atoms with E-state index in [4.69, 9.17) is 4.74 Å². The predicted molar refractivity (Wildman–Crippen MR) is 190 cm³/mol. The van der Waals surface area contributed by atoms with Gasteiger partial charge in [0.15, 0.2) is 0 Å². The molecule has 2 heterocycles. The number of benzene rings is 7. The van der Waals surface area contributed by atoms with Gasteiger partial charge >= 0.3 is 7.56 Å². The van der Waals surface area contributed by atoms with E-state index >= 15 is 0 Å². The van der Waals surface area contributed by atoms with Crippen LogP contribution in [0.1, 0.15) is 22.3 Å². The monoisotopic (exact) mass is 604 g/mol. The van der Waals surface area contributed by atoms with Crippen molar-refractivity contribution in [2.75, 3.05) is 4.90 Å².